The molecule has 0 aliphatic carbocycles. The van der Waals surface area contributed by atoms with E-state index in [4.69, 9.17) is 10.00 Å². The SMILES string of the molecule is COc1ccc(C(C)NC(=O)/C(C#N)=C\Nc2ccccc2C#N)cc1. The summed E-state index contributed by atoms with van der Waals surface area (Å²) in [6, 6.07) is 17.8. The summed E-state index contributed by atoms with van der Waals surface area (Å²) < 4.78 is 5.11. The van der Waals surface area contributed by atoms with Crippen LogP contribution in [0.2, 0.25) is 0 Å². The molecule has 0 spiro atoms. The summed E-state index contributed by atoms with van der Waals surface area (Å²) in [4.78, 5) is 12.3. The topological polar surface area (TPSA) is 97.9 Å². The maximum absolute atomic E-state index is 12.3. The van der Waals surface area contributed by atoms with Gasteiger partial charge in [-0.2, -0.15) is 10.5 Å². The number of benzene rings is 2. The first kappa shape index (κ1) is 18.6. The second-order valence-electron chi connectivity index (χ2n) is 5.44. The van der Waals surface area contributed by atoms with E-state index in [0.29, 0.717) is 11.3 Å². The zero-order valence-corrected chi connectivity index (χ0v) is 14.5. The van der Waals surface area contributed by atoms with Crippen LogP contribution in [-0.4, -0.2) is 13.0 Å². The number of carbonyl (C=O) groups is 1. The normalized spacial score (nSPS) is 11.6. The number of nitrogens with one attached hydrogen (secondary N) is 2. The average molecular weight is 346 g/mol. The second kappa shape index (κ2) is 8.91. The first-order chi connectivity index (χ1) is 12.6. The van der Waals surface area contributed by atoms with Gasteiger partial charge in [-0.25, -0.2) is 0 Å². The Morgan fingerprint density at radius 3 is 2.46 bits per heavy atom. The van der Waals surface area contributed by atoms with Crippen molar-refractivity contribution in [1.29, 1.82) is 10.5 Å². The Bertz CT molecular complexity index is 889. The lowest BCUT2D eigenvalue weighted by atomic mass is 10.1. The largest absolute Gasteiger partial charge is 0.497 e. The van der Waals surface area contributed by atoms with Crippen molar-refractivity contribution >= 4 is 11.6 Å². The molecule has 0 aromatic heterocycles. The number of amides is 1. The van der Waals surface area contributed by atoms with Crippen LogP contribution in [0.3, 0.4) is 0 Å². The van der Waals surface area contributed by atoms with Crippen LogP contribution in [-0.2, 0) is 4.79 Å². The maximum Gasteiger partial charge on any atom is 0.263 e. The Kier molecular flexibility index (Phi) is 6.36. The molecular weight excluding hydrogens is 328 g/mol. The highest BCUT2D eigenvalue weighted by atomic mass is 16.5. The molecule has 0 heterocycles. The molecule has 2 aromatic carbocycles. The number of ether oxygens (including phenoxy) is 1. The molecule has 0 aliphatic heterocycles. The fourth-order valence-electron chi connectivity index (χ4n) is 2.26. The third kappa shape index (κ3) is 4.62. The van der Waals surface area contributed by atoms with Crippen LogP contribution in [0.25, 0.3) is 0 Å². The number of methoxy groups -OCH3 is 1. The van der Waals surface area contributed by atoms with Crippen LogP contribution >= 0.6 is 0 Å². The number of carbonyl (C=O) groups excluding carboxylic acids is 1. The molecule has 2 N–H and O–H groups in total. The number of hydrogen-bond donors (Lipinski definition) is 2. The van der Waals surface area contributed by atoms with Crippen LogP contribution in [0, 0.1) is 22.7 Å². The Hall–Kier alpha value is -3.77. The molecule has 2 rings (SSSR count). The fourth-order valence-corrected chi connectivity index (χ4v) is 2.26. The average Bonchev–Trinajstić information content (AvgIpc) is 2.68. The van der Waals surface area contributed by atoms with Crippen molar-refractivity contribution in [2.24, 2.45) is 0 Å². The standard InChI is InChI=1S/C20H18N4O2/c1-14(15-7-9-18(26-2)10-8-15)24-20(25)17(12-22)13-23-19-6-4-3-5-16(19)11-21/h3-10,13-14,23H,1-2H3,(H,24,25)/b17-13-. The predicted molar refractivity (Wildman–Crippen MR) is 98.0 cm³/mol. The molecule has 0 fully saturated rings. The van der Waals surface area contributed by atoms with Gasteiger partial charge >= 0.3 is 0 Å². The summed E-state index contributed by atoms with van der Waals surface area (Å²) in [5.41, 5.74) is 1.75. The lowest BCUT2D eigenvalue weighted by Crippen LogP contribution is -2.28. The Labute approximate surface area is 152 Å². The molecule has 6 heteroatoms. The van der Waals surface area contributed by atoms with E-state index in [-0.39, 0.29) is 11.6 Å². The monoisotopic (exact) mass is 346 g/mol. The van der Waals surface area contributed by atoms with Crippen molar-refractivity contribution in [2.45, 2.75) is 13.0 Å². The van der Waals surface area contributed by atoms with Crippen LogP contribution in [0.1, 0.15) is 24.1 Å². The van der Waals surface area contributed by atoms with Crippen molar-refractivity contribution in [3.63, 3.8) is 0 Å². The second-order valence-corrected chi connectivity index (χ2v) is 5.44. The van der Waals surface area contributed by atoms with Crippen molar-refractivity contribution in [3.05, 3.63) is 71.4 Å². The van der Waals surface area contributed by atoms with E-state index in [0.717, 1.165) is 11.3 Å². The van der Waals surface area contributed by atoms with Gasteiger partial charge < -0.3 is 15.4 Å². The molecule has 0 saturated heterocycles. The zero-order chi connectivity index (χ0) is 18.9. The highest BCUT2D eigenvalue weighted by molar-refractivity contribution is 5.97. The minimum Gasteiger partial charge on any atom is -0.497 e. The van der Waals surface area contributed by atoms with Gasteiger partial charge in [0.1, 0.15) is 23.5 Å². The van der Waals surface area contributed by atoms with Crippen LogP contribution in [0.5, 0.6) is 5.75 Å². The molecule has 6 nitrogen and oxygen atoms in total. The highest BCUT2D eigenvalue weighted by Gasteiger charge is 2.14. The molecule has 1 atom stereocenters. The molecule has 0 bridgehead atoms. The van der Waals surface area contributed by atoms with E-state index in [2.05, 4.69) is 10.6 Å². The number of rotatable bonds is 6. The lowest BCUT2D eigenvalue weighted by molar-refractivity contribution is -0.117. The number of anilines is 1. The third-order valence-electron chi connectivity index (χ3n) is 3.75. The van der Waals surface area contributed by atoms with Gasteiger partial charge in [-0.1, -0.05) is 24.3 Å². The van der Waals surface area contributed by atoms with Gasteiger partial charge in [-0.15, -0.1) is 0 Å². The third-order valence-corrected chi connectivity index (χ3v) is 3.75. The summed E-state index contributed by atoms with van der Waals surface area (Å²) in [6.45, 7) is 1.83. The van der Waals surface area contributed by atoms with E-state index >= 15 is 0 Å². The van der Waals surface area contributed by atoms with Gasteiger partial charge in [0.2, 0.25) is 0 Å². The predicted octanol–water partition coefficient (Wildman–Crippen LogP) is 3.26. The maximum atomic E-state index is 12.3. The first-order valence-electron chi connectivity index (χ1n) is 7.89. The highest BCUT2D eigenvalue weighted by Crippen LogP contribution is 2.18. The Morgan fingerprint density at radius 2 is 1.85 bits per heavy atom. The molecule has 0 saturated carbocycles. The summed E-state index contributed by atoms with van der Waals surface area (Å²) in [6.07, 6.45) is 1.30. The zero-order valence-electron chi connectivity index (χ0n) is 14.5. The number of nitriles is 2. The number of nitrogens with zero attached hydrogens (tertiary/aromatic N) is 2. The van der Waals surface area contributed by atoms with Gasteiger partial charge in [0.05, 0.1) is 24.4 Å². The molecule has 2 aromatic rings. The summed E-state index contributed by atoms with van der Waals surface area (Å²) in [5.74, 6) is 0.225. The minimum atomic E-state index is -0.502. The van der Waals surface area contributed by atoms with Gasteiger partial charge in [0.15, 0.2) is 0 Å². The van der Waals surface area contributed by atoms with Crippen molar-refractivity contribution in [1.82, 2.24) is 5.32 Å². The summed E-state index contributed by atoms with van der Waals surface area (Å²) >= 11 is 0. The molecule has 1 amide bonds. The smallest absolute Gasteiger partial charge is 0.263 e. The Balaban J connectivity index is 2.08. The van der Waals surface area contributed by atoms with Crippen molar-refractivity contribution in [3.8, 4) is 17.9 Å². The lowest BCUT2D eigenvalue weighted by Gasteiger charge is -2.14. The van der Waals surface area contributed by atoms with E-state index < -0.39 is 5.91 Å². The van der Waals surface area contributed by atoms with Gasteiger partial charge in [0.25, 0.3) is 5.91 Å². The summed E-state index contributed by atoms with van der Waals surface area (Å²) in [7, 11) is 1.58. The quantitative estimate of drug-likeness (QED) is 0.618. The Morgan fingerprint density at radius 1 is 1.15 bits per heavy atom. The van der Waals surface area contributed by atoms with Crippen LogP contribution < -0.4 is 15.4 Å². The van der Waals surface area contributed by atoms with Crippen LogP contribution in [0.15, 0.2) is 60.3 Å². The van der Waals surface area contributed by atoms with Gasteiger partial charge in [-0.3, -0.25) is 4.79 Å². The number of hydrogen-bond acceptors (Lipinski definition) is 5. The van der Waals surface area contributed by atoms with Crippen molar-refractivity contribution in [2.75, 3.05) is 12.4 Å². The molecule has 0 aliphatic rings. The van der Waals surface area contributed by atoms with E-state index in [1.54, 1.807) is 43.5 Å². The fraction of sp³-hybridized carbons (Fsp3) is 0.150. The van der Waals surface area contributed by atoms with Gasteiger partial charge in [-0.05, 0) is 36.8 Å². The van der Waals surface area contributed by atoms with Crippen molar-refractivity contribution < 1.29 is 9.53 Å². The molecular formula is C20H18N4O2. The van der Waals surface area contributed by atoms with E-state index in [1.807, 2.05) is 31.2 Å². The molecule has 0 radical (unpaired) electrons. The number of para-hydroxylation sites is 1. The van der Waals surface area contributed by atoms with Crippen LogP contribution in [0.4, 0.5) is 5.69 Å². The van der Waals surface area contributed by atoms with E-state index in [1.165, 1.54) is 6.20 Å². The van der Waals surface area contributed by atoms with Gasteiger partial charge in [0, 0.05) is 6.20 Å². The molecule has 130 valence electrons. The van der Waals surface area contributed by atoms with E-state index in [9.17, 15) is 10.1 Å². The minimum absolute atomic E-state index is 0.0851. The summed E-state index contributed by atoms with van der Waals surface area (Å²) in [5, 5.41) is 23.9. The molecule has 1 unspecified atom stereocenters. The molecule has 26 heavy (non-hydrogen) atoms. The first-order valence-corrected chi connectivity index (χ1v) is 7.89.